The number of rotatable bonds is 6. The lowest BCUT2D eigenvalue weighted by molar-refractivity contribution is -0.117. The quantitative estimate of drug-likeness (QED) is 0.837. The van der Waals surface area contributed by atoms with E-state index in [1.165, 1.54) is 11.1 Å². The molecule has 1 amide bonds. The zero-order valence-corrected chi connectivity index (χ0v) is 15.0. The molecule has 0 unspecified atom stereocenters. The highest BCUT2D eigenvalue weighted by Gasteiger charge is 2.33. The standard InChI is InChI=1S/C19H30N2O2/c1-6-13(7-8-23-5)15-9-16-17(10-14(15)12(2)20)21-18(22)11-19(16,3)4/h9-10,12-13H,6-8,11,20H2,1-5H3,(H,21,22)/t12-,13+/m1/s1. The van der Waals surface area contributed by atoms with Crippen LogP contribution in [0.25, 0.3) is 0 Å². The highest BCUT2D eigenvalue weighted by atomic mass is 16.5. The summed E-state index contributed by atoms with van der Waals surface area (Å²) in [6.45, 7) is 9.22. The Kier molecular flexibility index (Phi) is 5.48. The van der Waals surface area contributed by atoms with Crippen molar-refractivity contribution >= 4 is 11.6 Å². The van der Waals surface area contributed by atoms with Gasteiger partial charge in [0.2, 0.25) is 5.91 Å². The van der Waals surface area contributed by atoms with E-state index in [0.717, 1.165) is 30.7 Å². The van der Waals surface area contributed by atoms with Gasteiger partial charge >= 0.3 is 0 Å². The number of nitrogens with one attached hydrogen (secondary N) is 1. The normalized spacial score (nSPS) is 19.0. The molecular weight excluding hydrogens is 288 g/mol. The summed E-state index contributed by atoms with van der Waals surface area (Å²) in [6, 6.07) is 4.30. The first-order chi connectivity index (χ1) is 10.8. The highest BCUT2D eigenvalue weighted by molar-refractivity contribution is 5.95. The molecular formula is C19H30N2O2. The van der Waals surface area contributed by atoms with E-state index in [1.807, 2.05) is 6.92 Å². The Morgan fingerprint density at radius 3 is 2.61 bits per heavy atom. The molecule has 128 valence electrons. The van der Waals surface area contributed by atoms with Gasteiger partial charge in [0.1, 0.15) is 0 Å². The number of hydrogen-bond acceptors (Lipinski definition) is 3. The molecule has 0 radical (unpaired) electrons. The number of amides is 1. The van der Waals surface area contributed by atoms with Crippen LogP contribution in [0.4, 0.5) is 5.69 Å². The number of fused-ring (bicyclic) bond motifs is 1. The van der Waals surface area contributed by atoms with Crippen LogP contribution in [0, 0.1) is 0 Å². The van der Waals surface area contributed by atoms with Crippen LogP contribution in [0.1, 0.15) is 75.6 Å². The Labute approximate surface area is 139 Å². The second kappa shape index (κ2) is 7.02. The molecule has 23 heavy (non-hydrogen) atoms. The van der Waals surface area contributed by atoms with E-state index in [0.29, 0.717) is 12.3 Å². The number of nitrogens with two attached hydrogens (primary N) is 1. The van der Waals surface area contributed by atoms with Crippen LogP contribution >= 0.6 is 0 Å². The Hall–Kier alpha value is -1.39. The third kappa shape index (κ3) is 3.75. The van der Waals surface area contributed by atoms with Gasteiger partial charge in [-0.15, -0.1) is 0 Å². The van der Waals surface area contributed by atoms with E-state index in [1.54, 1.807) is 7.11 Å². The minimum absolute atomic E-state index is 0.0613. The van der Waals surface area contributed by atoms with Gasteiger partial charge in [0.15, 0.2) is 0 Å². The van der Waals surface area contributed by atoms with Crippen molar-refractivity contribution in [3.8, 4) is 0 Å². The van der Waals surface area contributed by atoms with Gasteiger partial charge in [-0.25, -0.2) is 0 Å². The van der Waals surface area contributed by atoms with Crippen molar-refractivity contribution in [1.29, 1.82) is 0 Å². The van der Waals surface area contributed by atoms with Crippen LogP contribution in [0.2, 0.25) is 0 Å². The van der Waals surface area contributed by atoms with Gasteiger partial charge in [0.05, 0.1) is 0 Å². The number of anilines is 1. The summed E-state index contributed by atoms with van der Waals surface area (Å²) >= 11 is 0. The van der Waals surface area contributed by atoms with Crippen LogP contribution < -0.4 is 11.1 Å². The summed E-state index contributed by atoms with van der Waals surface area (Å²) in [5, 5.41) is 3.02. The van der Waals surface area contributed by atoms with Crippen molar-refractivity contribution in [1.82, 2.24) is 0 Å². The van der Waals surface area contributed by atoms with Crippen molar-refractivity contribution in [2.24, 2.45) is 5.73 Å². The lowest BCUT2D eigenvalue weighted by atomic mass is 9.74. The van der Waals surface area contributed by atoms with Crippen molar-refractivity contribution in [3.63, 3.8) is 0 Å². The maximum Gasteiger partial charge on any atom is 0.225 e. The predicted octanol–water partition coefficient (Wildman–Crippen LogP) is 3.86. The number of hydrogen-bond donors (Lipinski definition) is 2. The maximum absolute atomic E-state index is 12.0. The van der Waals surface area contributed by atoms with Gasteiger partial charge < -0.3 is 15.8 Å². The molecule has 4 heteroatoms. The minimum Gasteiger partial charge on any atom is -0.385 e. The van der Waals surface area contributed by atoms with Gasteiger partial charge in [0, 0.05) is 37.3 Å². The third-order valence-electron chi connectivity index (χ3n) is 4.92. The summed E-state index contributed by atoms with van der Waals surface area (Å²) in [6.07, 6.45) is 2.55. The number of methoxy groups -OCH3 is 1. The van der Waals surface area contributed by atoms with Crippen molar-refractivity contribution in [3.05, 3.63) is 28.8 Å². The molecule has 0 aromatic heterocycles. The zero-order chi connectivity index (χ0) is 17.2. The molecule has 1 heterocycles. The van der Waals surface area contributed by atoms with E-state index in [2.05, 4.69) is 38.2 Å². The van der Waals surface area contributed by atoms with E-state index in [9.17, 15) is 4.79 Å². The van der Waals surface area contributed by atoms with Crippen LogP contribution in [0.15, 0.2) is 12.1 Å². The summed E-state index contributed by atoms with van der Waals surface area (Å²) in [7, 11) is 1.74. The topological polar surface area (TPSA) is 64.3 Å². The fraction of sp³-hybridized carbons (Fsp3) is 0.632. The third-order valence-corrected chi connectivity index (χ3v) is 4.92. The first kappa shape index (κ1) is 18.0. The smallest absolute Gasteiger partial charge is 0.225 e. The van der Waals surface area contributed by atoms with Crippen LogP contribution in [-0.4, -0.2) is 19.6 Å². The molecule has 4 nitrogen and oxygen atoms in total. The van der Waals surface area contributed by atoms with E-state index in [-0.39, 0.29) is 17.4 Å². The highest BCUT2D eigenvalue weighted by Crippen LogP contribution is 2.42. The van der Waals surface area contributed by atoms with Gasteiger partial charge in [-0.05, 0) is 48.4 Å². The van der Waals surface area contributed by atoms with Crippen molar-refractivity contribution in [2.45, 2.75) is 64.3 Å². The minimum atomic E-state index is -0.150. The van der Waals surface area contributed by atoms with Crippen LogP contribution in [-0.2, 0) is 14.9 Å². The molecule has 1 aliphatic rings. The lowest BCUT2D eigenvalue weighted by Gasteiger charge is -2.34. The number of ether oxygens (including phenoxy) is 1. The van der Waals surface area contributed by atoms with E-state index in [4.69, 9.17) is 10.5 Å². The molecule has 0 bridgehead atoms. The van der Waals surface area contributed by atoms with Gasteiger partial charge in [0.25, 0.3) is 0 Å². The maximum atomic E-state index is 12.0. The number of carbonyl (C=O) groups excluding carboxylic acids is 1. The SMILES string of the molecule is CC[C@@H](CCOC)c1cc2c(cc1[C@@H](C)N)NC(=O)CC2(C)C. The average Bonchev–Trinajstić information content (AvgIpc) is 2.46. The molecule has 1 aromatic carbocycles. The molecule has 2 rings (SSSR count). The molecule has 1 aromatic rings. The Bertz CT molecular complexity index is 579. The summed E-state index contributed by atoms with van der Waals surface area (Å²) in [5.74, 6) is 0.506. The molecule has 0 aliphatic carbocycles. The second-order valence-corrected chi connectivity index (χ2v) is 7.31. The molecule has 3 N–H and O–H groups in total. The van der Waals surface area contributed by atoms with E-state index < -0.39 is 0 Å². The Balaban J connectivity index is 2.55. The summed E-state index contributed by atoms with van der Waals surface area (Å²) in [5.41, 5.74) is 10.6. The number of benzene rings is 1. The van der Waals surface area contributed by atoms with Gasteiger partial charge in [-0.2, -0.15) is 0 Å². The summed E-state index contributed by atoms with van der Waals surface area (Å²) < 4.78 is 5.28. The molecule has 0 saturated carbocycles. The molecule has 0 spiro atoms. The fourth-order valence-corrected chi connectivity index (χ4v) is 3.58. The van der Waals surface area contributed by atoms with Crippen LogP contribution in [0.5, 0.6) is 0 Å². The number of carbonyl (C=O) groups is 1. The largest absolute Gasteiger partial charge is 0.385 e. The summed E-state index contributed by atoms with van der Waals surface area (Å²) in [4.78, 5) is 12.0. The monoisotopic (exact) mass is 318 g/mol. The lowest BCUT2D eigenvalue weighted by Crippen LogP contribution is -2.33. The average molecular weight is 318 g/mol. The second-order valence-electron chi connectivity index (χ2n) is 7.31. The molecule has 0 saturated heterocycles. The fourth-order valence-electron chi connectivity index (χ4n) is 3.58. The Morgan fingerprint density at radius 1 is 1.35 bits per heavy atom. The first-order valence-electron chi connectivity index (χ1n) is 8.52. The predicted molar refractivity (Wildman–Crippen MR) is 94.8 cm³/mol. The zero-order valence-electron chi connectivity index (χ0n) is 15.0. The molecule has 0 fully saturated rings. The van der Waals surface area contributed by atoms with E-state index >= 15 is 0 Å². The molecule has 2 atom stereocenters. The van der Waals surface area contributed by atoms with Gasteiger partial charge in [-0.1, -0.05) is 26.8 Å². The molecule has 1 aliphatic heterocycles. The van der Waals surface area contributed by atoms with Crippen molar-refractivity contribution in [2.75, 3.05) is 19.0 Å². The van der Waals surface area contributed by atoms with Gasteiger partial charge in [-0.3, -0.25) is 4.79 Å². The van der Waals surface area contributed by atoms with Crippen molar-refractivity contribution < 1.29 is 9.53 Å². The Morgan fingerprint density at radius 2 is 2.04 bits per heavy atom. The first-order valence-corrected chi connectivity index (χ1v) is 8.52. The van der Waals surface area contributed by atoms with Crippen LogP contribution in [0.3, 0.4) is 0 Å².